The second kappa shape index (κ2) is 6.43. The van der Waals surface area contributed by atoms with E-state index in [1.54, 1.807) is 42.8 Å². The standard InChI is InChI=1S/C16H19N3O3/c1-10(2)14(16(21)22)17-15(20)12-4-6-13(7-5-12)19-9-8-11(3)18-19/h4-10,14H,1-3H3,(H,17,20)(H,21,22)/t14-/m1/s1. The fraction of sp³-hybridized carbons (Fsp3) is 0.312. The molecule has 0 saturated carbocycles. The molecule has 0 radical (unpaired) electrons. The van der Waals surface area contributed by atoms with Gasteiger partial charge in [0.05, 0.1) is 11.4 Å². The van der Waals surface area contributed by atoms with Crippen molar-refractivity contribution in [2.24, 2.45) is 5.92 Å². The van der Waals surface area contributed by atoms with Gasteiger partial charge in [0.25, 0.3) is 5.91 Å². The highest BCUT2D eigenvalue weighted by Crippen LogP contribution is 2.11. The van der Waals surface area contributed by atoms with E-state index in [9.17, 15) is 9.59 Å². The number of aryl methyl sites for hydroxylation is 1. The lowest BCUT2D eigenvalue weighted by Gasteiger charge is -2.17. The van der Waals surface area contributed by atoms with Crippen LogP contribution in [0, 0.1) is 12.8 Å². The number of rotatable bonds is 5. The molecule has 0 aliphatic heterocycles. The first-order chi connectivity index (χ1) is 10.4. The minimum atomic E-state index is -1.04. The summed E-state index contributed by atoms with van der Waals surface area (Å²) in [6.45, 7) is 5.40. The van der Waals surface area contributed by atoms with E-state index < -0.39 is 17.9 Å². The van der Waals surface area contributed by atoms with Crippen molar-refractivity contribution in [3.63, 3.8) is 0 Å². The number of nitrogens with one attached hydrogen (secondary N) is 1. The number of hydrogen-bond donors (Lipinski definition) is 2. The van der Waals surface area contributed by atoms with E-state index in [2.05, 4.69) is 10.4 Å². The van der Waals surface area contributed by atoms with Gasteiger partial charge < -0.3 is 10.4 Å². The van der Waals surface area contributed by atoms with Crippen LogP contribution in [0.1, 0.15) is 29.9 Å². The van der Waals surface area contributed by atoms with Gasteiger partial charge in [-0.15, -0.1) is 0 Å². The summed E-state index contributed by atoms with van der Waals surface area (Å²) in [5, 5.41) is 15.9. The van der Waals surface area contributed by atoms with Gasteiger partial charge >= 0.3 is 5.97 Å². The smallest absolute Gasteiger partial charge is 0.326 e. The van der Waals surface area contributed by atoms with Crippen molar-refractivity contribution in [3.8, 4) is 5.69 Å². The van der Waals surface area contributed by atoms with Crippen LogP contribution in [0.4, 0.5) is 0 Å². The lowest BCUT2D eigenvalue weighted by atomic mass is 10.0. The Bertz CT molecular complexity index is 674. The summed E-state index contributed by atoms with van der Waals surface area (Å²) in [6, 6.07) is 7.84. The number of carbonyl (C=O) groups excluding carboxylic acids is 1. The first-order valence-electron chi connectivity index (χ1n) is 7.05. The van der Waals surface area contributed by atoms with Gasteiger partial charge in [0.15, 0.2) is 0 Å². The summed E-state index contributed by atoms with van der Waals surface area (Å²) in [4.78, 5) is 23.2. The molecule has 1 aromatic heterocycles. The van der Waals surface area contributed by atoms with E-state index in [0.717, 1.165) is 11.4 Å². The number of nitrogens with zero attached hydrogens (tertiary/aromatic N) is 2. The molecule has 1 heterocycles. The van der Waals surface area contributed by atoms with Crippen molar-refractivity contribution in [1.29, 1.82) is 0 Å². The molecule has 6 nitrogen and oxygen atoms in total. The maximum absolute atomic E-state index is 12.1. The van der Waals surface area contributed by atoms with E-state index in [1.165, 1.54) is 0 Å². The Hall–Kier alpha value is -2.63. The molecule has 2 aromatic rings. The van der Waals surface area contributed by atoms with Crippen molar-refractivity contribution < 1.29 is 14.7 Å². The summed E-state index contributed by atoms with van der Waals surface area (Å²) in [6.07, 6.45) is 1.84. The number of benzene rings is 1. The summed E-state index contributed by atoms with van der Waals surface area (Å²) in [5.41, 5.74) is 2.16. The Labute approximate surface area is 128 Å². The lowest BCUT2D eigenvalue weighted by molar-refractivity contribution is -0.140. The summed E-state index contributed by atoms with van der Waals surface area (Å²) < 4.78 is 1.71. The van der Waals surface area contributed by atoms with Crippen LogP contribution in [0.3, 0.4) is 0 Å². The van der Waals surface area contributed by atoms with E-state index in [4.69, 9.17) is 5.11 Å². The fourth-order valence-corrected chi connectivity index (χ4v) is 2.06. The molecule has 0 saturated heterocycles. The normalized spacial score (nSPS) is 12.2. The molecule has 0 aliphatic rings. The average molecular weight is 301 g/mol. The largest absolute Gasteiger partial charge is 0.480 e. The van der Waals surface area contributed by atoms with Gasteiger partial charge in [0.1, 0.15) is 6.04 Å². The third-order valence-electron chi connectivity index (χ3n) is 3.34. The third kappa shape index (κ3) is 3.52. The molecule has 6 heteroatoms. The zero-order valence-corrected chi connectivity index (χ0v) is 12.8. The molecule has 1 atom stereocenters. The van der Waals surface area contributed by atoms with Crippen molar-refractivity contribution in [2.45, 2.75) is 26.8 Å². The van der Waals surface area contributed by atoms with Crippen molar-refractivity contribution in [2.75, 3.05) is 0 Å². The number of aromatic nitrogens is 2. The summed E-state index contributed by atoms with van der Waals surface area (Å²) in [5.74, 6) is -1.62. The van der Waals surface area contributed by atoms with Gasteiger partial charge in [-0.25, -0.2) is 9.48 Å². The highest BCUT2D eigenvalue weighted by Gasteiger charge is 2.23. The minimum Gasteiger partial charge on any atom is -0.480 e. The first-order valence-corrected chi connectivity index (χ1v) is 7.05. The third-order valence-corrected chi connectivity index (χ3v) is 3.34. The summed E-state index contributed by atoms with van der Waals surface area (Å²) in [7, 11) is 0. The molecular formula is C16H19N3O3. The van der Waals surface area contributed by atoms with E-state index >= 15 is 0 Å². The Balaban J connectivity index is 2.13. The van der Waals surface area contributed by atoms with Gasteiger partial charge in [0, 0.05) is 11.8 Å². The number of carboxylic acids is 1. The van der Waals surface area contributed by atoms with Crippen LogP contribution in [-0.2, 0) is 4.79 Å². The van der Waals surface area contributed by atoms with Crippen LogP contribution < -0.4 is 5.32 Å². The molecule has 2 rings (SSSR count). The van der Waals surface area contributed by atoms with Crippen LogP contribution >= 0.6 is 0 Å². The fourth-order valence-electron chi connectivity index (χ4n) is 2.06. The summed E-state index contributed by atoms with van der Waals surface area (Å²) >= 11 is 0. The lowest BCUT2D eigenvalue weighted by Crippen LogP contribution is -2.44. The van der Waals surface area contributed by atoms with Gasteiger partial charge in [0.2, 0.25) is 0 Å². The molecule has 2 N–H and O–H groups in total. The number of amides is 1. The Morgan fingerprint density at radius 1 is 1.18 bits per heavy atom. The van der Waals surface area contributed by atoms with E-state index in [1.807, 2.05) is 19.2 Å². The van der Waals surface area contributed by atoms with Gasteiger partial charge in [-0.05, 0) is 43.2 Å². The number of aliphatic carboxylic acids is 1. The van der Waals surface area contributed by atoms with E-state index in [0.29, 0.717) is 5.56 Å². The van der Waals surface area contributed by atoms with Crippen LogP contribution in [0.2, 0.25) is 0 Å². The number of carbonyl (C=O) groups is 2. The molecule has 0 spiro atoms. The van der Waals surface area contributed by atoms with Crippen LogP contribution in [-0.4, -0.2) is 32.8 Å². The zero-order valence-electron chi connectivity index (χ0n) is 12.8. The molecule has 22 heavy (non-hydrogen) atoms. The van der Waals surface area contributed by atoms with Crippen molar-refractivity contribution in [3.05, 3.63) is 47.8 Å². The highest BCUT2D eigenvalue weighted by molar-refractivity contribution is 5.96. The van der Waals surface area contributed by atoms with Crippen LogP contribution in [0.25, 0.3) is 5.69 Å². The SMILES string of the molecule is Cc1ccn(-c2ccc(C(=O)N[C@@H](C(=O)O)C(C)C)cc2)n1. The molecule has 1 aromatic carbocycles. The monoisotopic (exact) mass is 301 g/mol. The zero-order chi connectivity index (χ0) is 16.3. The van der Waals surface area contributed by atoms with Gasteiger partial charge in [-0.2, -0.15) is 5.10 Å². The Kier molecular flexibility index (Phi) is 4.60. The second-order valence-electron chi connectivity index (χ2n) is 5.48. The molecule has 1 amide bonds. The van der Waals surface area contributed by atoms with Gasteiger partial charge in [-0.3, -0.25) is 4.79 Å². The second-order valence-corrected chi connectivity index (χ2v) is 5.48. The predicted molar refractivity (Wildman–Crippen MR) is 82.0 cm³/mol. The number of carboxylic acid groups (broad SMARTS) is 1. The minimum absolute atomic E-state index is 0.187. The Morgan fingerprint density at radius 3 is 2.27 bits per heavy atom. The van der Waals surface area contributed by atoms with Crippen molar-refractivity contribution in [1.82, 2.24) is 15.1 Å². The molecule has 116 valence electrons. The van der Waals surface area contributed by atoms with Crippen molar-refractivity contribution >= 4 is 11.9 Å². The predicted octanol–water partition coefficient (Wildman–Crippen LogP) is 2.02. The first kappa shape index (κ1) is 15.8. The van der Waals surface area contributed by atoms with Crippen LogP contribution in [0.5, 0.6) is 0 Å². The highest BCUT2D eigenvalue weighted by atomic mass is 16.4. The molecule has 0 aliphatic carbocycles. The molecule has 0 unspecified atom stereocenters. The molecule has 0 fully saturated rings. The van der Waals surface area contributed by atoms with E-state index in [-0.39, 0.29) is 5.92 Å². The number of hydrogen-bond acceptors (Lipinski definition) is 3. The maximum Gasteiger partial charge on any atom is 0.326 e. The average Bonchev–Trinajstić information content (AvgIpc) is 2.90. The van der Waals surface area contributed by atoms with Gasteiger partial charge in [-0.1, -0.05) is 13.8 Å². The Morgan fingerprint density at radius 2 is 1.82 bits per heavy atom. The molecule has 0 bridgehead atoms. The molecular weight excluding hydrogens is 282 g/mol. The quantitative estimate of drug-likeness (QED) is 0.885. The van der Waals surface area contributed by atoms with Crippen LogP contribution in [0.15, 0.2) is 36.5 Å². The maximum atomic E-state index is 12.1. The topological polar surface area (TPSA) is 84.2 Å².